The van der Waals surface area contributed by atoms with Crippen molar-refractivity contribution in [3.05, 3.63) is 117 Å². The molecule has 0 aliphatic rings. The molecule has 0 atom stereocenters. The maximum Gasteiger partial charge on any atom is 0.270 e. The number of hydrogen-bond acceptors (Lipinski definition) is 3. The van der Waals surface area contributed by atoms with Crippen LogP contribution in [0.15, 0.2) is 85.1 Å². The van der Waals surface area contributed by atoms with Crippen LogP contribution in [0, 0.1) is 10.1 Å². The van der Waals surface area contributed by atoms with E-state index in [9.17, 15) is 14.9 Å². The molecule has 0 unspecified atom stereocenters. The molecule has 33 heavy (non-hydrogen) atoms. The van der Waals surface area contributed by atoms with Crippen LogP contribution in [0.3, 0.4) is 0 Å². The standard InChI is InChI=1S/C26H22ClN3O3/c27-24-17-21(30(32)33)12-13-23(24)26(31)29(15-6-9-19-7-2-1-3-8-19)16-14-20-18-28-25-11-5-4-10-22(20)25/h1-13,17-18,28H,14-16H2/b9-6+. The Morgan fingerprint density at radius 1 is 1.06 bits per heavy atom. The van der Waals surface area contributed by atoms with E-state index in [1.807, 2.05) is 66.9 Å². The topological polar surface area (TPSA) is 79.2 Å². The van der Waals surface area contributed by atoms with Gasteiger partial charge in [0.15, 0.2) is 0 Å². The van der Waals surface area contributed by atoms with Crippen LogP contribution in [0.4, 0.5) is 5.69 Å². The van der Waals surface area contributed by atoms with Gasteiger partial charge in [0.25, 0.3) is 11.6 Å². The summed E-state index contributed by atoms with van der Waals surface area (Å²) in [4.78, 5) is 28.8. The van der Waals surface area contributed by atoms with Crippen LogP contribution in [0.2, 0.25) is 5.02 Å². The zero-order chi connectivity index (χ0) is 23.2. The Kier molecular flexibility index (Phi) is 6.86. The lowest BCUT2D eigenvalue weighted by molar-refractivity contribution is -0.384. The number of benzene rings is 3. The highest BCUT2D eigenvalue weighted by molar-refractivity contribution is 6.34. The van der Waals surface area contributed by atoms with Crippen molar-refractivity contribution < 1.29 is 9.72 Å². The molecule has 0 bridgehead atoms. The SMILES string of the molecule is O=C(c1ccc([N+](=O)[O-])cc1Cl)N(C/C=C/c1ccccc1)CCc1c[nH]c2ccccc12. The highest BCUT2D eigenvalue weighted by Crippen LogP contribution is 2.24. The average Bonchev–Trinajstić information content (AvgIpc) is 3.24. The van der Waals surface area contributed by atoms with E-state index in [-0.39, 0.29) is 22.2 Å². The first-order valence-corrected chi connectivity index (χ1v) is 10.9. The molecule has 1 N–H and O–H groups in total. The lowest BCUT2D eigenvalue weighted by Gasteiger charge is -2.22. The summed E-state index contributed by atoms with van der Waals surface area (Å²) in [5, 5.41) is 12.2. The molecular formula is C26H22ClN3O3. The van der Waals surface area contributed by atoms with E-state index in [4.69, 9.17) is 11.6 Å². The number of nitro groups is 1. The fraction of sp³-hybridized carbons (Fsp3) is 0.115. The number of halogens is 1. The van der Waals surface area contributed by atoms with Crippen molar-refractivity contribution in [1.82, 2.24) is 9.88 Å². The molecule has 6 nitrogen and oxygen atoms in total. The Balaban J connectivity index is 1.56. The number of amides is 1. The monoisotopic (exact) mass is 459 g/mol. The Labute approximate surface area is 196 Å². The van der Waals surface area contributed by atoms with E-state index in [1.165, 1.54) is 18.2 Å². The van der Waals surface area contributed by atoms with Gasteiger partial charge in [-0.2, -0.15) is 0 Å². The minimum atomic E-state index is -0.530. The zero-order valence-electron chi connectivity index (χ0n) is 17.8. The van der Waals surface area contributed by atoms with Crippen molar-refractivity contribution in [2.75, 3.05) is 13.1 Å². The predicted octanol–water partition coefficient (Wildman–Crippen LogP) is 6.13. The van der Waals surface area contributed by atoms with Gasteiger partial charge in [-0.05, 0) is 29.7 Å². The second-order valence-corrected chi connectivity index (χ2v) is 8.00. The third-order valence-corrected chi connectivity index (χ3v) is 5.76. The van der Waals surface area contributed by atoms with Crippen molar-refractivity contribution in [1.29, 1.82) is 0 Å². The van der Waals surface area contributed by atoms with E-state index in [1.54, 1.807) is 4.90 Å². The highest BCUT2D eigenvalue weighted by atomic mass is 35.5. The fourth-order valence-corrected chi connectivity index (χ4v) is 3.97. The third kappa shape index (κ3) is 5.30. The van der Waals surface area contributed by atoms with Crippen LogP contribution in [-0.2, 0) is 6.42 Å². The third-order valence-electron chi connectivity index (χ3n) is 5.44. The van der Waals surface area contributed by atoms with Gasteiger partial charge in [-0.25, -0.2) is 0 Å². The number of carbonyl (C=O) groups excluding carboxylic acids is 1. The molecule has 166 valence electrons. The molecule has 0 aliphatic heterocycles. The minimum absolute atomic E-state index is 0.0679. The number of carbonyl (C=O) groups is 1. The van der Waals surface area contributed by atoms with E-state index < -0.39 is 4.92 Å². The van der Waals surface area contributed by atoms with Gasteiger partial charge in [-0.1, -0.05) is 72.3 Å². The number of para-hydroxylation sites is 1. The quantitative estimate of drug-likeness (QED) is 0.254. The minimum Gasteiger partial charge on any atom is -0.361 e. The number of nitrogens with one attached hydrogen (secondary N) is 1. The van der Waals surface area contributed by atoms with Gasteiger partial charge in [-0.15, -0.1) is 0 Å². The smallest absolute Gasteiger partial charge is 0.270 e. The zero-order valence-corrected chi connectivity index (χ0v) is 18.5. The number of aromatic amines is 1. The number of aromatic nitrogens is 1. The Morgan fingerprint density at radius 3 is 2.58 bits per heavy atom. The van der Waals surface area contributed by atoms with Crippen LogP contribution < -0.4 is 0 Å². The Hall–Kier alpha value is -3.90. The largest absolute Gasteiger partial charge is 0.361 e. The summed E-state index contributed by atoms with van der Waals surface area (Å²) < 4.78 is 0. The Morgan fingerprint density at radius 2 is 1.82 bits per heavy atom. The van der Waals surface area contributed by atoms with Gasteiger partial charge in [0.05, 0.1) is 15.5 Å². The molecule has 1 aromatic heterocycles. The van der Waals surface area contributed by atoms with Crippen molar-refractivity contribution >= 4 is 40.2 Å². The molecule has 1 amide bonds. The second kappa shape index (κ2) is 10.1. The van der Waals surface area contributed by atoms with Crippen molar-refractivity contribution in [3.63, 3.8) is 0 Å². The van der Waals surface area contributed by atoms with Crippen LogP contribution in [0.5, 0.6) is 0 Å². The number of rotatable bonds is 8. The van der Waals surface area contributed by atoms with E-state index in [0.29, 0.717) is 19.5 Å². The molecule has 0 spiro atoms. The van der Waals surface area contributed by atoms with Crippen LogP contribution in [-0.4, -0.2) is 33.8 Å². The summed E-state index contributed by atoms with van der Waals surface area (Å²) in [6.45, 7) is 0.844. The maximum absolute atomic E-state index is 13.3. The summed E-state index contributed by atoms with van der Waals surface area (Å²) in [5.74, 6) is -0.271. The number of non-ortho nitro benzene ring substituents is 1. The molecule has 4 aromatic rings. The van der Waals surface area contributed by atoms with Gasteiger partial charge in [-0.3, -0.25) is 14.9 Å². The molecule has 4 rings (SSSR count). The maximum atomic E-state index is 13.3. The van der Waals surface area contributed by atoms with Gasteiger partial charge >= 0.3 is 0 Å². The molecule has 0 aliphatic carbocycles. The molecule has 0 fully saturated rings. The number of fused-ring (bicyclic) bond motifs is 1. The van der Waals surface area contributed by atoms with Crippen molar-refractivity contribution in [2.45, 2.75) is 6.42 Å². The summed E-state index contributed by atoms with van der Waals surface area (Å²) in [5.41, 5.74) is 3.30. The molecule has 0 saturated carbocycles. The summed E-state index contributed by atoms with van der Waals surface area (Å²) >= 11 is 6.25. The summed E-state index contributed by atoms with van der Waals surface area (Å²) in [7, 11) is 0. The molecule has 7 heteroatoms. The molecule has 0 radical (unpaired) electrons. The number of H-pyrrole nitrogens is 1. The molecule has 1 heterocycles. The van der Waals surface area contributed by atoms with Crippen molar-refractivity contribution in [2.24, 2.45) is 0 Å². The lowest BCUT2D eigenvalue weighted by Crippen LogP contribution is -2.33. The van der Waals surface area contributed by atoms with Gasteiger partial charge in [0.1, 0.15) is 0 Å². The van der Waals surface area contributed by atoms with Gasteiger partial charge < -0.3 is 9.88 Å². The molecule has 3 aromatic carbocycles. The molecular weight excluding hydrogens is 438 g/mol. The van der Waals surface area contributed by atoms with Crippen LogP contribution >= 0.6 is 11.6 Å². The van der Waals surface area contributed by atoms with Crippen LogP contribution in [0.1, 0.15) is 21.5 Å². The first-order chi connectivity index (χ1) is 16.0. The second-order valence-electron chi connectivity index (χ2n) is 7.59. The molecule has 0 saturated heterocycles. The van der Waals surface area contributed by atoms with Gasteiger partial charge in [0, 0.05) is 42.3 Å². The van der Waals surface area contributed by atoms with E-state index in [0.717, 1.165) is 22.0 Å². The van der Waals surface area contributed by atoms with Crippen LogP contribution in [0.25, 0.3) is 17.0 Å². The Bertz CT molecular complexity index is 1310. The highest BCUT2D eigenvalue weighted by Gasteiger charge is 2.20. The normalized spacial score (nSPS) is 11.2. The van der Waals surface area contributed by atoms with Gasteiger partial charge in [0.2, 0.25) is 0 Å². The summed E-state index contributed by atoms with van der Waals surface area (Å²) in [6.07, 6.45) is 6.51. The lowest BCUT2D eigenvalue weighted by atomic mass is 10.1. The first kappa shape index (κ1) is 22.3. The number of nitrogens with zero attached hydrogens (tertiary/aromatic N) is 2. The number of nitro benzene ring substituents is 1. The summed E-state index contributed by atoms with van der Waals surface area (Å²) in [6, 6.07) is 21.8. The number of hydrogen-bond donors (Lipinski definition) is 1. The van der Waals surface area contributed by atoms with E-state index in [2.05, 4.69) is 11.1 Å². The predicted molar refractivity (Wildman–Crippen MR) is 131 cm³/mol. The van der Waals surface area contributed by atoms with E-state index >= 15 is 0 Å². The first-order valence-electron chi connectivity index (χ1n) is 10.5. The fourth-order valence-electron chi connectivity index (χ4n) is 3.71. The average molecular weight is 460 g/mol. The van der Waals surface area contributed by atoms with Crippen molar-refractivity contribution in [3.8, 4) is 0 Å².